The number of fused-ring (bicyclic) bond motifs is 4. The maximum absolute atomic E-state index is 12.1. The molecule has 4 nitrogen and oxygen atoms in total. The Hall–Kier alpha value is -2.31. The molecule has 1 aliphatic carbocycles. The van der Waals surface area contributed by atoms with E-state index in [4.69, 9.17) is 4.74 Å². The average molecular weight is 396 g/mol. The first-order chi connectivity index (χ1) is 13.2. The van der Waals surface area contributed by atoms with Gasteiger partial charge in [-0.25, -0.2) is 4.79 Å². The van der Waals surface area contributed by atoms with Crippen LogP contribution in [0.1, 0.15) is 43.8 Å². The zero-order chi connectivity index (χ0) is 18.5. The van der Waals surface area contributed by atoms with Gasteiger partial charge >= 0.3 is 10.8 Å². The van der Waals surface area contributed by atoms with Gasteiger partial charge < -0.3 is 9.72 Å². The normalized spacial score (nSPS) is 22.6. The molecule has 3 atom stereocenters. The van der Waals surface area contributed by atoms with Crippen molar-refractivity contribution >= 4 is 29.1 Å². The summed E-state index contributed by atoms with van der Waals surface area (Å²) in [6, 6.07) is 16.2. The molecule has 0 saturated carbocycles. The number of benzene rings is 2. The number of rotatable bonds is 2. The quantitative estimate of drug-likeness (QED) is 0.662. The SMILES string of the molecule is COC(=O)c1ccc([C@@H]2c3sc(=O)[nH]c3S[C@@H]3Cc4ccccc4[C@H]23)cc1. The first-order valence-corrected chi connectivity index (χ1v) is 10.5. The molecular formula is C21H17NO3S2. The van der Waals surface area contributed by atoms with Gasteiger partial charge in [0.1, 0.15) is 0 Å². The number of aromatic nitrogens is 1. The molecule has 1 aliphatic heterocycles. The third kappa shape index (κ3) is 2.66. The van der Waals surface area contributed by atoms with Gasteiger partial charge in [0.2, 0.25) is 0 Å². The van der Waals surface area contributed by atoms with E-state index in [-0.39, 0.29) is 16.8 Å². The summed E-state index contributed by atoms with van der Waals surface area (Å²) in [5, 5.41) is 1.41. The Balaban J connectivity index is 1.65. The van der Waals surface area contributed by atoms with Crippen molar-refractivity contribution in [1.29, 1.82) is 0 Å². The number of H-pyrrole nitrogens is 1. The number of hydrogen-bond donors (Lipinski definition) is 1. The lowest BCUT2D eigenvalue weighted by atomic mass is 9.80. The second-order valence-electron chi connectivity index (χ2n) is 6.88. The van der Waals surface area contributed by atoms with E-state index in [2.05, 4.69) is 29.2 Å². The number of nitrogens with one attached hydrogen (secondary N) is 1. The average Bonchev–Trinajstić information content (AvgIpc) is 3.24. The minimum Gasteiger partial charge on any atom is -0.465 e. The van der Waals surface area contributed by atoms with Crippen molar-refractivity contribution in [2.45, 2.75) is 28.5 Å². The van der Waals surface area contributed by atoms with E-state index in [1.165, 1.54) is 29.6 Å². The summed E-state index contributed by atoms with van der Waals surface area (Å²) in [6.45, 7) is 0. The van der Waals surface area contributed by atoms with E-state index >= 15 is 0 Å². The molecule has 1 aromatic heterocycles. The summed E-state index contributed by atoms with van der Waals surface area (Å²) in [4.78, 5) is 28.0. The zero-order valence-corrected chi connectivity index (χ0v) is 16.2. The lowest BCUT2D eigenvalue weighted by molar-refractivity contribution is 0.0600. The maximum Gasteiger partial charge on any atom is 0.337 e. The summed E-state index contributed by atoms with van der Waals surface area (Å²) in [5.74, 6) is 0.108. The van der Waals surface area contributed by atoms with E-state index in [1.54, 1.807) is 11.8 Å². The van der Waals surface area contributed by atoms with Gasteiger partial charge in [0.15, 0.2) is 0 Å². The Morgan fingerprint density at radius 2 is 1.93 bits per heavy atom. The first kappa shape index (κ1) is 16.8. The van der Waals surface area contributed by atoms with Crippen LogP contribution in [0.3, 0.4) is 0 Å². The smallest absolute Gasteiger partial charge is 0.337 e. The molecule has 0 bridgehead atoms. The Morgan fingerprint density at radius 3 is 2.70 bits per heavy atom. The number of thiazole rings is 1. The van der Waals surface area contributed by atoms with Gasteiger partial charge in [-0.05, 0) is 35.2 Å². The molecule has 0 saturated heterocycles. The fourth-order valence-corrected chi connectivity index (χ4v) is 6.99. The second-order valence-corrected chi connectivity index (χ2v) is 9.15. The number of ether oxygens (including phenoxy) is 1. The molecule has 0 spiro atoms. The highest BCUT2D eigenvalue weighted by Crippen LogP contribution is 2.57. The predicted octanol–water partition coefficient (Wildman–Crippen LogP) is 4.17. The van der Waals surface area contributed by atoms with Crippen molar-refractivity contribution in [3.8, 4) is 0 Å². The number of hydrogen-bond acceptors (Lipinski definition) is 5. The minimum atomic E-state index is -0.336. The molecule has 0 radical (unpaired) electrons. The molecular weight excluding hydrogens is 378 g/mol. The summed E-state index contributed by atoms with van der Waals surface area (Å²) in [5.41, 5.74) is 4.45. The summed E-state index contributed by atoms with van der Waals surface area (Å²) in [6.07, 6.45) is 1.01. The van der Waals surface area contributed by atoms with E-state index in [1.807, 2.05) is 24.3 Å². The fourth-order valence-electron chi connectivity index (χ4n) is 4.33. The van der Waals surface area contributed by atoms with Crippen LogP contribution in [0.4, 0.5) is 0 Å². The third-order valence-electron chi connectivity index (χ3n) is 5.48. The molecule has 6 heteroatoms. The van der Waals surface area contributed by atoms with Crippen LogP contribution < -0.4 is 4.87 Å². The Bertz CT molecular complexity index is 1080. The minimum absolute atomic E-state index is 0.00283. The van der Waals surface area contributed by atoms with Crippen LogP contribution in [-0.2, 0) is 11.2 Å². The number of methoxy groups -OCH3 is 1. The van der Waals surface area contributed by atoms with Gasteiger partial charge in [-0.3, -0.25) is 4.79 Å². The van der Waals surface area contributed by atoms with Gasteiger partial charge in [0.25, 0.3) is 0 Å². The molecule has 5 rings (SSSR count). The molecule has 0 fully saturated rings. The van der Waals surface area contributed by atoms with Crippen LogP contribution >= 0.6 is 23.1 Å². The van der Waals surface area contributed by atoms with Crippen LogP contribution in [0.5, 0.6) is 0 Å². The number of thioether (sulfide) groups is 1. The first-order valence-electron chi connectivity index (χ1n) is 8.81. The topological polar surface area (TPSA) is 59.2 Å². The fraction of sp³-hybridized carbons (Fsp3) is 0.238. The second kappa shape index (κ2) is 6.39. The van der Waals surface area contributed by atoms with Gasteiger partial charge in [0, 0.05) is 22.0 Å². The van der Waals surface area contributed by atoms with Crippen LogP contribution in [-0.4, -0.2) is 23.3 Å². The van der Waals surface area contributed by atoms with Crippen LogP contribution in [0.2, 0.25) is 0 Å². The summed E-state index contributed by atoms with van der Waals surface area (Å²) in [7, 11) is 1.39. The molecule has 136 valence electrons. The van der Waals surface area contributed by atoms with Crippen molar-refractivity contribution in [3.63, 3.8) is 0 Å². The van der Waals surface area contributed by atoms with Gasteiger partial charge in [-0.1, -0.05) is 47.7 Å². The van der Waals surface area contributed by atoms with Gasteiger partial charge in [-0.2, -0.15) is 0 Å². The predicted molar refractivity (Wildman–Crippen MR) is 107 cm³/mol. The van der Waals surface area contributed by atoms with Gasteiger partial charge in [-0.15, -0.1) is 11.8 Å². The van der Waals surface area contributed by atoms with Crippen molar-refractivity contribution in [2.24, 2.45) is 0 Å². The van der Waals surface area contributed by atoms with E-state index < -0.39 is 0 Å². The molecule has 2 aliphatic rings. The van der Waals surface area contributed by atoms with Gasteiger partial charge in [0.05, 0.1) is 17.7 Å². The monoisotopic (exact) mass is 395 g/mol. The third-order valence-corrected chi connectivity index (χ3v) is 7.89. The van der Waals surface area contributed by atoms with E-state index in [0.29, 0.717) is 16.7 Å². The standard InChI is InChI=1S/C21H17NO3S2/c1-25-20(23)12-8-6-11(7-9-12)16-17-14-5-3-2-4-13(14)10-15(17)26-19-18(16)27-21(24)22-19/h2-9,15-17H,10H2,1H3,(H,22,24)/t15-,16+,17+/m1/s1. The molecule has 2 aromatic carbocycles. The highest BCUT2D eigenvalue weighted by atomic mass is 32.2. The van der Waals surface area contributed by atoms with Crippen LogP contribution in [0.15, 0.2) is 58.4 Å². The molecule has 2 heterocycles. The summed E-state index contributed by atoms with van der Waals surface area (Å²) >= 11 is 3.10. The molecule has 1 N–H and O–H groups in total. The molecule has 27 heavy (non-hydrogen) atoms. The molecule has 3 aromatic rings. The van der Waals surface area contributed by atoms with Crippen LogP contribution in [0, 0.1) is 0 Å². The lowest BCUT2D eigenvalue weighted by Crippen LogP contribution is -2.23. The largest absolute Gasteiger partial charge is 0.465 e. The van der Waals surface area contributed by atoms with Crippen molar-refractivity contribution in [2.75, 3.05) is 7.11 Å². The Morgan fingerprint density at radius 1 is 1.15 bits per heavy atom. The number of aromatic amines is 1. The lowest BCUT2D eigenvalue weighted by Gasteiger charge is -2.33. The zero-order valence-electron chi connectivity index (χ0n) is 14.6. The highest BCUT2D eigenvalue weighted by Gasteiger charge is 2.45. The number of esters is 1. The van der Waals surface area contributed by atoms with Crippen molar-refractivity contribution in [3.05, 3.63) is 85.3 Å². The number of carbonyl (C=O) groups excluding carboxylic acids is 1. The van der Waals surface area contributed by atoms with Crippen molar-refractivity contribution in [1.82, 2.24) is 4.98 Å². The van der Waals surface area contributed by atoms with E-state index in [9.17, 15) is 9.59 Å². The summed E-state index contributed by atoms with van der Waals surface area (Å²) < 4.78 is 4.81. The highest BCUT2D eigenvalue weighted by molar-refractivity contribution is 8.00. The van der Waals surface area contributed by atoms with Crippen molar-refractivity contribution < 1.29 is 9.53 Å². The Labute approximate surface area is 164 Å². The number of carbonyl (C=O) groups is 1. The molecule has 0 amide bonds. The van der Waals surface area contributed by atoms with E-state index in [0.717, 1.165) is 21.9 Å². The van der Waals surface area contributed by atoms with Crippen LogP contribution in [0.25, 0.3) is 0 Å². The Kier molecular flexibility index (Phi) is 3.98. The molecule has 0 unspecified atom stereocenters. The maximum atomic E-state index is 12.1.